The fourth-order valence-electron chi connectivity index (χ4n) is 2.47. The van der Waals surface area contributed by atoms with Gasteiger partial charge >= 0.3 is 0 Å². The summed E-state index contributed by atoms with van der Waals surface area (Å²) >= 11 is 0. The molecule has 4 nitrogen and oxygen atoms in total. The normalized spacial score (nSPS) is 30.0. The van der Waals surface area contributed by atoms with Crippen LogP contribution in [0.1, 0.15) is 58.8 Å². The topological polar surface area (TPSA) is 53.8 Å². The van der Waals surface area contributed by atoms with E-state index in [2.05, 4.69) is 22.5 Å². The molecule has 1 N–H and O–H groups in total. The molecule has 1 aliphatic heterocycles. The molecule has 1 amide bonds. The van der Waals surface area contributed by atoms with Gasteiger partial charge < -0.3 is 5.32 Å². The second-order valence-electron chi connectivity index (χ2n) is 5.79. The van der Waals surface area contributed by atoms with Gasteiger partial charge in [0.05, 0.1) is 0 Å². The molecule has 0 atom stereocenters. The third kappa shape index (κ3) is 4.10. The van der Waals surface area contributed by atoms with Gasteiger partial charge in [-0.1, -0.05) is 6.92 Å². The lowest BCUT2D eigenvalue weighted by Gasteiger charge is -2.26. The Morgan fingerprint density at radius 1 is 1.29 bits per heavy atom. The molecular formula is C13H23N3O. The van der Waals surface area contributed by atoms with E-state index in [1.54, 1.807) is 0 Å². The highest BCUT2D eigenvalue weighted by molar-refractivity contribution is 5.76. The highest BCUT2D eigenvalue weighted by Gasteiger charge is 2.32. The number of nitrogens with zero attached hydrogens (tertiary/aromatic N) is 2. The second kappa shape index (κ2) is 5.15. The van der Waals surface area contributed by atoms with Crippen molar-refractivity contribution in [2.45, 2.75) is 70.5 Å². The number of amides is 1. The molecule has 2 rings (SSSR count). The molecule has 0 bridgehead atoms. The van der Waals surface area contributed by atoms with Crippen LogP contribution in [0.4, 0.5) is 0 Å². The van der Waals surface area contributed by atoms with Crippen molar-refractivity contribution in [3.63, 3.8) is 0 Å². The zero-order chi connectivity index (χ0) is 12.3. The van der Waals surface area contributed by atoms with Crippen LogP contribution in [-0.2, 0) is 4.79 Å². The first-order chi connectivity index (χ1) is 8.07. The maximum Gasteiger partial charge on any atom is 0.220 e. The van der Waals surface area contributed by atoms with Crippen molar-refractivity contribution >= 4 is 5.91 Å². The van der Waals surface area contributed by atoms with E-state index in [1.807, 2.05) is 6.92 Å². The first-order valence-electron chi connectivity index (χ1n) is 6.81. The summed E-state index contributed by atoms with van der Waals surface area (Å²) in [6.07, 6.45) is 7.21. The molecule has 1 aliphatic carbocycles. The summed E-state index contributed by atoms with van der Waals surface area (Å²) in [6, 6.07) is 0.421. The molecule has 0 aromatic heterocycles. The van der Waals surface area contributed by atoms with Gasteiger partial charge in [-0.05, 0) is 51.4 Å². The number of carbonyl (C=O) groups is 1. The molecule has 0 aromatic rings. The van der Waals surface area contributed by atoms with Gasteiger partial charge in [0.1, 0.15) is 0 Å². The molecule has 96 valence electrons. The molecule has 1 saturated carbocycles. The molecule has 0 spiro atoms. The van der Waals surface area contributed by atoms with Crippen LogP contribution in [0, 0.1) is 5.92 Å². The standard InChI is InChI=1S/C13H23N3O/c1-10-5-7-11(8-6-10)14-12(17)4-3-9-13(2)15-16-13/h10-11H,3-9H2,1-2H3,(H,14,17). The third-order valence-electron chi connectivity index (χ3n) is 3.88. The maximum atomic E-state index is 11.7. The van der Waals surface area contributed by atoms with Crippen LogP contribution in [0.25, 0.3) is 0 Å². The van der Waals surface area contributed by atoms with Crippen LogP contribution in [0.5, 0.6) is 0 Å². The van der Waals surface area contributed by atoms with E-state index in [0.29, 0.717) is 12.5 Å². The molecule has 17 heavy (non-hydrogen) atoms. The van der Waals surface area contributed by atoms with Gasteiger partial charge in [-0.15, -0.1) is 0 Å². The minimum absolute atomic E-state index is 0.152. The molecule has 4 heteroatoms. The van der Waals surface area contributed by atoms with Crippen LogP contribution in [0.2, 0.25) is 0 Å². The molecule has 0 radical (unpaired) electrons. The summed E-state index contributed by atoms with van der Waals surface area (Å²) in [7, 11) is 0. The fraction of sp³-hybridized carbons (Fsp3) is 0.923. The molecule has 0 saturated heterocycles. The maximum absolute atomic E-state index is 11.7. The van der Waals surface area contributed by atoms with Crippen molar-refractivity contribution < 1.29 is 4.79 Å². The molecule has 0 aromatic carbocycles. The fourth-order valence-corrected chi connectivity index (χ4v) is 2.47. The molecule has 1 fully saturated rings. The zero-order valence-corrected chi connectivity index (χ0v) is 10.9. The van der Waals surface area contributed by atoms with Crippen molar-refractivity contribution in [1.29, 1.82) is 0 Å². The van der Waals surface area contributed by atoms with Crippen molar-refractivity contribution in [3.05, 3.63) is 0 Å². The summed E-state index contributed by atoms with van der Waals surface area (Å²) in [6.45, 7) is 4.30. The quantitative estimate of drug-likeness (QED) is 0.785. The third-order valence-corrected chi connectivity index (χ3v) is 3.88. The highest BCUT2D eigenvalue weighted by atomic mass is 16.1. The number of carbonyl (C=O) groups excluding carboxylic acids is 1. The molecule has 1 heterocycles. The lowest BCUT2D eigenvalue weighted by molar-refractivity contribution is -0.122. The van der Waals surface area contributed by atoms with E-state index in [9.17, 15) is 4.79 Å². The second-order valence-corrected chi connectivity index (χ2v) is 5.79. The molecular weight excluding hydrogens is 214 g/mol. The van der Waals surface area contributed by atoms with E-state index in [4.69, 9.17) is 0 Å². The van der Waals surface area contributed by atoms with Crippen LogP contribution < -0.4 is 5.32 Å². The van der Waals surface area contributed by atoms with Crippen molar-refractivity contribution in [1.82, 2.24) is 5.32 Å². The van der Waals surface area contributed by atoms with Gasteiger partial charge in [-0.3, -0.25) is 4.79 Å². The molecule has 2 aliphatic rings. The van der Waals surface area contributed by atoms with E-state index < -0.39 is 0 Å². The summed E-state index contributed by atoms with van der Waals surface area (Å²) in [5.74, 6) is 1.04. The SMILES string of the molecule is CC1CCC(NC(=O)CCCC2(C)N=N2)CC1. The lowest BCUT2D eigenvalue weighted by Crippen LogP contribution is -2.37. The van der Waals surface area contributed by atoms with Crippen LogP contribution in [0.3, 0.4) is 0 Å². The summed E-state index contributed by atoms with van der Waals surface area (Å²) in [5.41, 5.74) is -0.152. The van der Waals surface area contributed by atoms with Gasteiger partial charge in [-0.2, -0.15) is 10.2 Å². The van der Waals surface area contributed by atoms with Gasteiger partial charge in [-0.25, -0.2) is 0 Å². The number of rotatable bonds is 5. The first kappa shape index (κ1) is 12.5. The largest absolute Gasteiger partial charge is 0.353 e. The average molecular weight is 237 g/mol. The van der Waals surface area contributed by atoms with Crippen molar-refractivity contribution in [2.75, 3.05) is 0 Å². The highest BCUT2D eigenvalue weighted by Crippen LogP contribution is 2.32. The predicted molar refractivity (Wildman–Crippen MR) is 66.7 cm³/mol. The molecule has 0 unspecified atom stereocenters. The minimum Gasteiger partial charge on any atom is -0.353 e. The van der Waals surface area contributed by atoms with Gasteiger partial charge in [0.15, 0.2) is 5.66 Å². The Balaban J connectivity index is 1.57. The van der Waals surface area contributed by atoms with E-state index in [1.165, 1.54) is 12.8 Å². The van der Waals surface area contributed by atoms with Crippen LogP contribution in [0.15, 0.2) is 10.2 Å². The van der Waals surface area contributed by atoms with Crippen LogP contribution in [-0.4, -0.2) is 17.6 Å². The van der Waals surface area contributed by atoms with Crippen molar-refractivity contribution in [2.24, 2.45) is 16.1 Å². The Hall–Kier alpha value is -0.930. The Bertz CT molecular complexity index is 300. The van der Waals surface area contributed by atoms with E-state index in [-0.39, 0.29) is 11.6 Å². The van der Waals surface area contributed by atoms with Gasteiger partial charge in [0, 0.05) is 12.5 Å². The Morgan fingerprint density at radius 3 is 2.53 bits per heavy atom. The van der Waals surface area contributed by atoms with Crippen molar-refractivity contribution in [3.8, 4) is 0 Å². The van der Waals surface area contributed by atoms with Crippen LogP contribution >= 0.6 is 0 Å². The summed E-state index contributed by atoms with van der Waals surface area (Å²) in [5, 5.41) is 11.0. The number of nitrogens with one attached hydrogen (secondary N) is 1. The van der Waals surface area contributed by atoms with E-state index >= 15 is 0 Å². The lowest BCUT2D eigenvalue weighted by atomic mass is 9.87. The zero-order valence-electron chi connectivity index (χ0n) is 10.9. The number of hydrogen-bond donors (Lipinski definition) is 1. The average Bonchev–Trinajstić information content (AvgIpc) is 3.00. The minimum atomic E-state index is -0.152. The first-order valence-corrected chi connectivity index (χ1v) is 6.81. The smallest absolute Gasteiger partial charge is 0.220 e. The monoisotopic (exact) mass is 237 g/mol. The Kier molecular flexibility index (Phi) is 3.79. The van der Waals surface area contributed by atoms with E-state index in [0.717, 1.165) is 31.6 Å². The summed E-state index contributed by atoms with van der Waals surface area (Å²) in [4.78, 5) is 11.7. The van der Waals surface area contributed by atoms with Gasteiger partial charge in [0.25, 0.3) is 0 Å². The summed E-state index contributed by atoms with van der Waals surface area (Å²) < 4.78 is 0. The Morgan fingerprint density at radius 2 is 1.94 bits per heavy atom. The number of hydrogen-bond acceptors (Lipinski definition) is 3. The van der Waals surface area contributed by atoms with Gasteiger partial charge in [0.2, 0.25) is 5.91 Å². The Labute approximate surface area is 103 Å². The predicted octanol–water partition coefficient (Wildman–Crippen LogP) is 3.03.